The topological polar surface area (TPSA) is 86.2 Å². The van der Waals surface area contributed by atoms with Crippen LogP contribution in [0.3, 0.4) is 0 Å². The standard InChI is InChI=1S/C30H38N2O5/c1-9-35-22-15-20-16-28(3,4)31-24(23(20)21-17-29(5,6)37-25(21)22)18-12-11-13-19(14-18)26(33)32-30(7,8)27(34)36-10-2/h11-15H,9-10,16-17H2,1-8H3,(H,32,33). The highest BCUT2D eigenvalue weighted by atomic mass is 16.5. The van der Waals surface area contributed by atoms with Gasteiger partial charge in [0.05, 0.1) is 24.5 Å². The molecule has 7 heteroatoms. The summed E-state index contributed by atoms with van der Waals surface area (Å²) in [5.41, 5.74) is 3.60. The Hall–Kier alpha value is -3.35. The summed E-state index contributed by atoms with van der Waals surface area (Å²) in [7, 11) is 0. The largest absolute Gasteiger partial charge is 0.490 e. The predicted molar refractivity (Wildman–Crippen MR) is 144 cm³/mol. The number of carbonyl (C=O) groups is 2. The zero-order valence-electron chi connectivity index (χ0n) is 23.2. The Kier molecular flexibility index (Phi) is 6.86. The average molecular weight is 507 g/mol. The monoisotopic (exact) mass is 506 g/mol. The molecule has 2 aromatic carbocycles. The minimum absolute atomic E-state index is 0.249. The van der Waals surface area contributed by atoms with Crippen LogP contribution in [-0.2, 0) is 22.4 Å². The number of rotatable bonds is 7. The van der Waals surface area contributed by atoms with Crippen LogP contribution in [-0.4, -0.2) is 47.5 Å². The maximum Gasteiger partial charge on any atom is 0.331 e. The van der Waals surface area contributed by atoms with Gasteiger partial charge in [-0.1, -0.05) is 12.1 Å². The van der Waals surface area contributed by atoms with Crippen molar-refractivity contribution < 1.29 is 23.8 Å². The van der Waals surface area contributed by atoms with Crippen LogP contribution in [0.15, 0.2) is 35.3 Å². The van der Waals surface area contributed by atoms with Crippen molar-refractivity contribution in [3.8, 4) is 11.5 Å². The summed E-state index contributed by atoms with van der Waals surface area (Å²) >= 11 is 0. The summed E-state index contributed by atoms with van der Waals surface area (Å²) in [6.45, 7) is 16.2. The number of aliphatic imine (C=N–C) groups is 1. The molecule has 0 saturated heterocycles. The van der Waals surface area contributed by atoms with Gasteiger partial charge in [-0.05, 0) is 85.6 Å². The second kappa shape index (κ2) is 9.51. The molecule has 37 heavy (non-hydrogen) atoms. The van der Waals surface area contributed by atoms with Gasteiger partial charge in [-0.15, -0.1) is 0 Å². The lowest BCUT2D eigenvalue weighted by Gasteiger charge is -2.31. The second-order valence-corrected chi connectivity index (χ2v) is 11.5. The van der Waals surface area contributed by atoms with Gasteiger partial charge >= 0.3 is 5.97 Å². The summed E-state index contributed by atoms with van der Waals surface area (Å²) in [6, 6.07) is 9.49. The molecule has 2 aliphatic heterocycles. The Morgan fingerprint density at radius 2 is 1.81 bits per heavy atom. The molecule has 1 N–H and O–H groups in total. The van der Waals surface area contributed by atoms with Crippen molar-refractivity contribution in [2.45, 2.75) is 84.9 Å². The molecule has 0 spiro atoms. The van der Waals surface area contributed by atoms with E-state index in [9.17, 15) is 9.59 Å². The van der Waals surface area contributed by atoms with Crippen molar-refractivity contribution in [1.29, 1.82) is 0 Å². The van der Waals surface area contributed by atoms with E-state index in [2.05, 4.69) is 39.1 Å². The first-order valence-corrected chi connectivity index (χ1v) is 13.0. The van der Waals surface area contributed by atoms with Gasteiger partial charge < -0.3 is 19.5 Å². The van der Waals surface area contributed by atoms with E-state index in [1.54, 1.807) is 26.8 Å². The molecular weight excluding hydrogens is 468 g/mol. The molecule has 0 bridgehead atoms. The Bertz CT molecular complexity index is 1270. The first-order chi connectivity index (χ1) is 17.3. The van der Waals surface area contributed by atoms with Crippen LogP contribution in [0.1, 0.15) is 88.0 Å². The highest BCUT2D eigenvalue weighted by molar-refractivity contribution is 6.17. The third kappa shape index (κ3) is 5.36. The van der Waals surface area contributed by atoms with Crippen LogP contribution < -0.4 is 14.8 Å². The SMILES string of the molecule is CCOC(=O)C(C)(C)NC(=O)c1cccc(C2=NC(C)(C)Cc3cc(OCC)c4c(c32)CC(C)(C)O4)c1. The van der Waals surface area contributed by atoms with Crippen molar-refractivity contribution >= 4 is 17.6 Å². The van der Waals surface area contributed by atoms with Crippen LogP contribution in [0.2, 0.25) is 0 Å². The molecule has 0 fully saturated rings. The van der Waals surface area contributed by atoms with Crippen molar-refractivity contribution in [3.05, 3.63) is 58.1 Å². The smallest absolute Gasteiger partial charge is 0.331 e. The predicted octanol–water partition coefficient (Wildman–Crippen LogP) is 5.04. The Morgan fingerprint density at radius 1 is 1.08 bits per heavy atom. The average Bonchev–Trinajstić information content (AvgIpc) is 3.13. The van der Waals surface area contributed by atoms with Crippen LogP contribution in [0, 0.1) is 0 Å². The van der Waals surface area contributed by atoms with Gasteiger partial charge in [0.25, 0.3) is 5.91 Å². The van der Waals surface area contributed by atoms with Gasteiger partial charge in [-0.2, -0.15) is 0 Å². The van der Waals surface area contributed by atoms with Gasteiger partial charge in [-0.25, -0.2) is 4.79 Å². The van der Waals surface area contributed by atoms with Crippen molar-refractivity contribution in [2.75, 3.05) is 13.2 Å². The zero-order chi connectivity index (χ0) is 27.2. The number of carbonyl (C=O) groups excluding carboxylic acids is 2. The lowest BCUT2D eigenvalue weighted by Crippen LogP contribution is -2.50. The summed E-state index contributed by atoms with van der Waals surface area (Å²) < 4.78 is 17.5. The van der Waals surface area contributed by atoms with E-state index in [0.717, 1.165) is 52.3 Å². The maximum absolute atomic E-state index is 13.2. The normalized spacial score (nSPS) is 17.1. The summed E-state index contributed by atoms with van der Waals surface area (Å²) in [4.78, 5) is 30.7. The molecule has 1 amide bonds. The van der Waals surface area contributed by atoms with E-state index in [1.807, 2.05) is 25.1 Å². The Balaban J connectivity index is 1.78. The molecule has 0 aliphatic carbocycles. The molecule has 0 unspecified atom stereocenters. The van der Waals surface area contributed by atoms with E-state index >= 15 is 0 Å². The summed E-state index contributed by atoms with van der Waals surface area (Å²) in [6.07, 6.45) is 1.51. The molecule has 0 radical (unpaired) electrons. The number of esters is 1. The van der Waals surface area contributed by atoms with Crippen molar-refractivity contribution in [3.63, 3.8) is 0 Å². The number of benzene rings is 2. The number of amides is 1. The third-order valence-electron chi connectivity index (χ3n) is 6.59. The maximum atomic E-state index is 13.2. The molecular formula is C30H38N2O5. The van der Waals surface area contributed by atoms with Crippen molar-refractivity contribution in [1.82, 2.24) is 5.32 Å². The minimum atomic E-state index is -1.15. The van der Waals surface area contributed by atoms with E-state index in [4.69, 9.17) is 19.2 Å². The lowest BCUT2D eigenvalue weighted by atomic mass is 9.80. The van der Waals surface area contributed by atoms with E-state index < -0.39 is 11.5 Å². The molecule has 2 aromatic rings. The van der Waals surface area contributed by atoms with Gasteiger partial charge in [0, 0.05) is 28.7 Å². The molecule has 2 aliphatic rings. The van der Waals surface area contributed by atoms with Crippen LogP contribution in [0.4, 0.5) is 0 Å². The van der Waals surface area contributed by atoms with Gasteiger partial charge in [0.15, 0.2) is 11.5 Å². The first-order valence-electron chi connectivity index (χ1n) is 13.0. The fraction of sp³-hybridized carbons (Fsp3) is 0.500. The van der Waals surface area contributed by atoms with E-state index in [0.29, 0.717) is 12.2 Å². The third-order valence-corrected chi connectivity index (χ3v) is 6.59. The van der Waals surface area contributed by atoms with Crippen LogP contribution >= 0.6 is 0 Å². The van der Waals surface area contributed by atoms with Crippen molar-refractivity contribution in [2.24, 2.45) is 4.99 Å². The highest BCUT2D eigenvalue weighted by Crippen LogP contribution is 2.48. The summed E-state index contributed by atoms with van der Waals surface area (Å²) in [5.74, 6) is 0.726. The number of hydrogen-bond donors (Lipinski definition) is 1. The number of hydrogen-bond acceptors (Lipinski definition) is 6. The molecule has 0 atom stereocenters. The number of ether oxygens (including phenoxy) is 3. The van der Waals surface area contributed by atoms with Gasteiger partial charge in [-0.3, -0.25) is 9.79 Å². The highest BCUT2D eigenvalue weighted by Gasteiger charge is 2.40. The molecule has 198 valence electrons. The second-order valence-electron chi connectivity index (χ2n) is 11.5. The van der Waals surface area contributed by atoms with E-state index in [-0.39, 0.29) is 23.7 Å². The quantitative estimate of drug-likeness (QED) is 0.532. The molecule has 0 saturated carbocycles. The van der Waals surface area contributed by atoms with Crippen LogP contribution in [0.5, 0.6) is 11.5 Å². The zero-order valence-corrected chi connectivity index (χ0v) is 23.2. The fourth-order valence-electron chi connectivity index (χ4n) is 5.07. The minimum Gasteiger partial charge on any atom is -0.490 e. The number of fused-ring (bicyclic) bond motifs is 3. The first kappa shape index (κ1) is 26.7. The lowest BCUT2D eigenvalue weighted by molar-refractivity contribution is -0.149. The Labute approximate surface area is 219 Å². The number of nitrogens with zero attached hydrogens (tertiary/aromatic N) is 1. The Morgan fingerprint density at radius 3 is 2.49 bits per heavy atom. The van der Waals surface area contributed by atoms with Crippen LogP contribution in [0.25, 0.3) is 0 Å². The van der Waals surface area contributed by atoms with Gasteiger partial charge in [0.2, 0.25) is 0 Å². The molecule has 0 aromatic heterocycles. The molecule has 2 heterocycles. The summed E-state index contributed by atoms with van der Waals surface area (Å²) in [5, 5.41) is 2.81. The number of nitrogens with one attached hydrogen (secondary N) is 1. The fourth-order valence-corrected chi connectivity index (χ4v) is 5.07. The molecule has 4 rings (SSSR count). The van der Waals surface area contributed by atoms with E-state index in [1.165, 1.54) is 0 Å². The van der Waals surface area contributed by atoms with Gasteiger partial charge in [0.1, 0.15) is 11.1 Å². The molecule has 7 nitrogen and oxygen atoms in total.